The summed E-state index contributed by atoms with van der Waals surface area (Å²) in [7, 11) is 1.47. The Morgan fingerprint density at radius 3 is 2.66 bits per heavy atom. The molecular weight excluding hydrogens is 500 g/mol. The fourth-order valence-corrected chi connectivity index (χ4v) is 5.13. The number of methoxy groups -OCH3 is 1. The number of hydrogen-bond donors (Lipinski definition) is 1. The van der Waals surface area contributed by atoms with Crippen molar-refractivity contribution in [3.05, 3.63) is 71.2 Å². The highest BCUT2D eigenvalue weighted by Crippen LogP contribution is 2.37. The van der Waals surface area contributed by atoms with Gasteiger partial charge in [-0.3, -0.25) is 14.7 Å². The van der Waals surface area contributed by atoms with Gasteiger partial charge in [0.05, 0.1) is 25.4 Å². The Bertz CT molecular complexity index is 1350. The Kier molecular flexibility index (Phi) is 8.85. The number of likely N-dealkylation sites (tertiary alicyclic amines) is 1. The van der Waals surface area contributed by atoms with Gasteiger partial charge in [-0.25, -0.2) is 17.6 Å². The zero-order chi connectivity index (χ0) is 27.2. The van der Waals surface area contributed by atoms with Crippen LogP contribution in [-0.2, 0) is 4.79 Å². The Morgan fingerprint density at radius 1 is 1.18 bits per heavy atom. The molecule has 0 aliphatic carbocycles. The summed E-state index contributed by atoms with van der Waals surface area (Å²) in [5, 5.41) is 9.80. The number of aromatic nitrogens is 1. The predicted molar refractivity (Wildman–Crippen MR) is 135 cm³/mol. The molecule has 1 fully saturated rings. The normalized spacial score (nSPS) is 18.6. The maximum Gasteiger partial charge on any atom is 0.303 e. The quantitative estimate of drug-likeness (QED) is 0.291. The lowest BCUT2D eigenvalue weighted by Gasteiger charge is -2.37. The molecule has 2 aromatic carbocycles. The van der Waals surface area contributed by atoms with E-state index >= 15 is 4.39 Å². The molecule has 9 heteroatoms. The maximum absolute atomic E-state index is 15.5. The standard InChI is InChI=1S/C29H28F4N2O3/c1-38-23-5-7-27-24(15-23)29(26(33)16-34-27)25(32)6-4-19-8-10-35(17-20(19)13-28(36)37)9-2-3-18-11-21(30)14-22(31)12-18/h5,7,11-12,14-16,19-20,25H,4,6,8-10,13,17H2,1H3,(H,36,37)/t19-,20-,25+/m1/s1. The van der Waals surface area contributed by atoms with Crippen LogP contribution in [0.15, 0.2) is 42.6 Å². The molecule has 3 aromatic rings. The van der Waals surface area contributed by atoms with Crippen LogP contribution in [-0.4, -0.2) is 47.7 Å². The van der Waals surface area contributed by atoms with Gasteiger partial charge in [0.2, 0.25) is 0 Å². The summed E-state index contributed by atoms with van der Waals surface area (Å²) in [5.74, 6) is 2.72. The van der Waals surface area contributed by atoms with Crippen LogP contribution < -0.4 is 4.74 Å². The number of nitrogens with zero attached hydrogens (tertiary/aromatic N) is 2. The molecule has 1 aromatic heterocycles. The van der Waals surface area contributed by atoms with Crippen LogP contribution in [0.5, 0.6) is 5.75 Å². The van der Waals surface area contributed by atoms with Crippen LogP contribution >= 0.6 is 0 Å². The molecule has 0 radical (unpaired) electrons. The number of fused-ring (bicyclic) bond motifs is 1. The minimum absolute atomic E-state index is 0.0406. The molecule has 38 heavy (non-hydrogen) atoms. The van der Waals surface area contributed by atoms with Crippen LogP contribution in [0.2, 0.25) is 0 Å². The molecule has 1 N–H and O–H groups in total. The summed E-state index contributed by atoms with van der Waals surface area (Å²) >= 11 is 0. The summed E-state index contributed by atoms with van der Waals surface area (Å²) in [6.45, 7) is 1.38. The Hall–Kier alpha value is -3.64. The van der Waals surface area contributed by atoms with Gasteiger partial charge in [-0.1, -0.05) is 11.8 Å². The van der Waals surface area contributed by atoms with E-state index in [4.69, 9.17) is 4.74 Å². The van der Waals surface area contributed by atoms with Gasteiger partial charge >= 0.3 is 5.97 Å². The second-order valence-corrected chi connectivity index (χ2v) is 9.55. The largest absolute Gasteiger partial charge is 0.497 e. The number of carboxylic acids is 1. The molecule has 0 amide bonds. The van der Waals surface area contributed by atoms with Gasteiger partial charge in [-0.15, -0.1) is 0 Å². The van der Waals surface area contributed by atoms with E-state index in [9.17, 15) is 23.1 Å². The van der Waals surface area contributed by atoms with Crippen molar-refractivity contribution in [2.24, 2.45) is 11.8 Å². The summed E-state index contributed by atoms with van der Waals surface area (Å²) in [6, 6.07) is 7.96. The van der Waals surface area contributed by atoms with Crippen molar-refractivity contribution < 1.29 is 32.2 Å². The molecule has 4 rings (SSSR count). The second kappa shape index (κ2) is 12.3. The zero-order valence-electron chi connectivity index (χ0n) is 20.9. The molecule has 3 atom stereocenters. The van der Waals surface area contributed by atoms with Gasteiger partial charge in [0.25, 0.3) is 0 Å². The van der Waals surface area contributed by atoms with Crippen LogP contribution in [0.25, 0.3) is 10.9 Å². The predicted octanol–water partition coefficient (Wildman–Crippen LogP) is 5.92. The van der Waals surface area contributed by atoms with Crippen molar-refractivity contribution >= 4 is 16.9 Å². The van der Waals surface area contributed by atoms with E-state index in [-0.39, 0.29) is 35.8 Å². The van der Waals surface area contributed by atoms with E-state index in [0.717, 1.165) is 24.4 Å². The van der Waals surface area contributed by atoms with Crippen molar-refractivity contribution in [2.75, 3.05) is 26.7 Å². The van der Waals surface area contributed by atoms with Crippen LogP contribution in [0.1, 0.15) is 43.0 Å². The highest BCUT2D eigenvalue weighted by atomic mass is 19.1. The lowest BCUT2D eigenvalue weighted by Crippen LogP contribution is -2.41. The summed E-state index contributed by atoms with van der Waals surface area (Å²) < 4.78 is 62.1. The molecule has 1 aliphatic rings. The summed E-state index contributed by atoms with van der Waals surface area (Å²) in [5.41, 5.74) is 0.621. The van der Waals surface area contributed by atoms with Crippen molar-refractivity contribution in [1.82, 2.24) is 9.88 Å². The molecule has 0 bridgehead atoms. The molecule has 1 aliphatic heterocycles. The summed E-state index contributed by atoms with van der Waals surface area (Å²) in [4.78, 5) is 17.6. The third kappa shape index (κ3) is 6.81. The SMILES string of the molecule is COc1ccc2ncc(F)c([C@@H](F)CC[C@@H]3CCN(CC#Cc4cc(F)cc(F)c4)C[C@H]3CC(=O)O)c2c1. The van der Waals surface area contributed by atoms with Gasteiger partial charge in [-0.2, -0.15) is 0 Å². The van der Waals surface area contributed by atoms with E-state index < -0.39 is 29.6 Å². The van der Waals surface area contributed by atoms with E-state index in [1.807, 2.05) is 4.90 Å². The van der Waals surface area contributed by atoms with E-state index in [2.05, 4.69) is 16.8 Å². The first-order valence-electron chi connectivity index (χ1n) is 12.4. The monoisotopic (exact) mass is 528 g/mol. The molecule has 0 spiro atoms. The highest BCUT2D eigenvalue weighted by Gasteiger charge is 2.31. The smallest absolute Gasteiger partial charge is 0.303 e. The van der Waals surface area contributed by atoms with Gasteiger partial charge in [0.1, 0.15) is 29.4 Å². The number of ether oxygens (including phenoxy) is 1. The highest BCUT2D eigenvalue weighted by molar-refractivity contribution is 5.84. The topological polar surface area (TPSA) is 62.7 Å². The van der Waals surface area contributed by atoms with Gasteiger partial charge in [0, 0.05) is 35.5 Å². The van der Waals surface area contributed by atoms with E-state index in [1.165, 1.54) is 7.11 Å². The van der Waals surface area contributed by atoms with Crippen molar-refractivity contribution in [3.63, 3.8) is 0 Å². The Labute approximate surface area is 218 Å². The first-order chi connectivity index (χ1) is 18.2. The Morgan fingerprint density at radius 2 is 1.95 bits per heavy atom. The first kappa shape index (κ1) is 27.4. The lowest BCUT2D eigenvalue weighted by molar-refractivity contribution is -0.139. The van der Waals surface area contributed by atoms with Crippen LogP contribution in [0.4, 0.5) is 17.6 Å². The number of pyridine rings is 1. The first-order valence-corrected chi connectivity index (χ1v) is 12.4. The van der Waals surface area contributed by atoms with Gasteiger partial charge in [-0.05, 0) is 68.0 Å². The minimum atomic E-state index is -1.59. The third-order valence-corrected chi connectivity index (χ3v) is 6.98. The number of carboxylic acid groups (broad SMARTS) is 1. The third-order valence-electron chi connectivity index (χ3n) is 6.98. The number of hydrogen-bond acceptors (Lipinski definition) is 4. The number of alkyl halides is 1. The average Bonchev–Trinajstić information content (AvgIpc) is 2.86. The van der Waals surface area contributed by atoms with E-state index in [0.29, 0.717) is 49.1 Å². The lowest BCUT2D eigenvalue weighted by atomic mass is 9.79. The van der Waals surface area contributed by atoms with Crippen molar-refractivity contribution in [3.8, 4) is 17.6 Å². The number of piperidine rings is 1. The Balaban J connectivity index is 1.42. The minimum Gasteiger partial charge on any atom is -0.497 e. The number of aliphatic carboxylic acids is 1. The molecule has 0 unspecified atom stereocenters. The number of carbonyl (C=O) groups is 1. The molecule has 5 nitrogen and oxygen atoms in total. The fraction of sp³-hybridized carbons (Fsp3) is 0.379. The summed E-state index contributed by atoms with van der Waals surface area (Å²) in [6.07, 6.45) is 0.419. The van der Waals surface area contributed by atoms with Crippen LogP contribution in [0.3, 0.4) is 0 Å². The van der Waals surface area contributed by atoms with Crippen molar-refractivity contribution in [1.29, 1.82) is 0 Å². The van der Waals surface area contributed by atoms with Crippen LogP contribution in [0, 0.1) is 41.1 Å². The molecule has 0 saturated carbocycles. The van der Waals surface area contributed by atoms with E-state index in [1.54, 1.807) is 18.2 Å². The number of halogens is 4. The zero-order valence-corrected chi connectivity index (χ0v) is 20.9. The van der Waals surface area contributed by atoms with Gasteiger partial charge in [0.15, 0.2) is 0 Å². The maximum atomic E-state index is 15.5. The fourth-order valence-electron chi connectivity index (χ4n) is 5.13. The molecule has 200 valence electrons. The number of benzene rings is 2. The molecular formula is C29H28F4N2O3. The van der Waals surface area contributed by atoms with Gasteiger partial charge < -0.3 is 9.84 Å². The molecule has 1 saturated heterocycles. The second-order valence-electron chi connectivity index (χ2n) is 9.55. The average molecular weight is 529 g/mol. The molecule has 2 heterocycles. The van der Waals surface area contributed by atoms with Crippen molar-refractivity contribution in [2.45, 2.75) is 31.9 Å². The number of rotatable bonds is 8.